The minimum absolute atomic E-state index is 0.334. The van der Waals surface area contributed by atoms with Gasteiger partial charge in [0.05, 0.1) is 6.04 Å². The monoisotopic (exact) mass is 233 g/mol. The molecule has 0 spiro atoms. The van der Waals surface area contributed by atoms with Crippen molar-refractivity contribution in [3.05, 3.63) is 58.6 Å². The van der Waals surface area contributed by atoms with Crippen LogP contribution in [-0.2, 0) is 0 Å². The number of hydrogen-bond acceptors (Lipinski definition) is 3. The fourth-order valence-corrected chi connectivity index (χ4v) is 1.61. The maximum atomic E-state index is 6.05. The smallest absolute Gasteiger partial charge is 0.149 e. The number of rotatable bonds is 2. The minimum Gasteiger partial charge on any atom is -0.318 e. The summed E-state index contributed by atoms with van der Waals surface area (Å²) >= 11 is 6.05. The van der Waals surface area contributed by atoms with E-state index < -0.39 is 0 Å². The topological polar surface area (TPSA) is 51.8 Å². The van der Waals surface area contributed by atoms with Gasteiger partial charge in [-0.1, -0.05) is 23.7 Å². The highest BCUT2D eigenvalue weighted by molar-refractivity contribution is 6.31. The van der Waals surface area contributed by atoms with Gasteiger partial charge in [-0.2, -0.15) is 0 Å². The molecule has 0 saturated carbocycles. The van der Waals surface area contributed by atoms with Crippen molar-refractivity contribution < 1.29 is 0 Å². The van der Waals surface area contributed by atoms with Gasteiger partial charge in [0.1, 0.15) is 5.82 Å². The highest BCUT2D eigenvalue weighted by Crippen LogP contribution is 2.22. The summed E-state index contributed by atoms with van der Waals surface area (Å²) < 4.78 is 0. The van der Waals surface area contributed by atoms with Crippen LogP contribution in [0.15, 0.2) is 36.7 Å². The molecular weight excluding hydrogens is 222 g/mol. The van der Waals surface area contributed by atoms with E-state index in [4.69, 9.17) is 17.3 Å². The lowest BCUT2D eigenvalue weighted by Gasteiger charge is -2.11. The average Bonchev–Trinajstić information content (AvgIpc) is 2.33. The normalized spacial score (nSPS) is 12.4. The zero-order valence-corrected chi connectivity index (χ0v) is 9.65. The highest BCUT2D eigenvalue weighted by atomic mass is 35.5. The van der Waals surface area contributed by atoms with Gasteiger partial charge in [0.15, 0.2) is 0 Å². The number of aromatic nitrogens is 2. The van der Waals surface area contributed by atoms with Crippen LogP contribution in [0.2, 0.25) is 5.02 Å². The number of nitrogens with two attached hydrogens (primary N) is 1. The Morgan fingerprint density at radius 1 is 1.25 bits per heavy atom. The number of hydrogen-bond donors (Lipinski definition) is 1. The van der Waals surface area contributed by atoms with E-state index in [1.165, 1.54) is 0 Å². The van der Waals surface area contributed by atoms with Gasteiger partial charge in [0.2, 0.25) is 0 Å². The number of benzene rings is 1. The molecule has 1 aromatic carbocycles. The zero-order valence-electron chi connectivity index (χ0n) is 8.89. The Kier molecular flexibility index (Phi) is 3.17. The Morgan fingerprint density at radius 3 is 2.56 bits per heavy atom. The lowest BCUT2D eigenvalue weighted by Crippen LogP contribution is -2.15. The summed E-state index contributed by atoms with van der Waals surface area (Å²) in [6.45, 7) is 1.96. The first-order chi connectivity index (χ1) is 7.68. The molecule has 4 heteroatoms. The van der Waals surface area contributed by atoms with Crippen molar-refractivity contribution >= 4 is 11.6 Å². The van der Waals surface area contributed by atoms with Crippen LogP contribution in [0.3, 0.4) is 0 Å². The van der Waals surface area contributed by atoms with Crippen molar-refractivity contribution in [1.29, 1.82) is 0 Å². The maximum absolute atomic E-state index is 6.05. The summed E-state index contributed by atoms with van der Waals surface area (Å²) in [5, 5.41) is 0.712. The summed E-state index contributed by atoms with van der Waals surface area (Å²) in [4.78, 5) is 8.26. The van der Waals surface area contributed by atoms with Gasteiger partial charge in [-0.3, -0.25) is 0 Å². The van der Waals surface area contributed by atoms with Crippen LogP contribution < -0.4 is 5.73 Å². The van der Waals surface area contributed by atoms with Gasteiger partial charge >= 0.3 is 0 Å². The van der Waals surface area contributed by atoms with E-state index >= 15 is 0 Å². The van der Waals surface area contributed by atoms with Crippen LogP contribution in [0.1, 0.15) is 23.0 Å². The summed E-state index contributed by atoms with van der Waals surface area (Å²) in [6, 6.07) is 7.18. The molecule has 1 unspecified atom stereocenters. The van der Waals surface area contributed by atoms with Gasteiger partial charge < -0.3 is 5.73 Å². The molecule has 0 aliphatic heterocycles. The van der Waals surface area contributed by atoms with Gasteiger partial charge in [0, 0.05) is 17.4 Å². The second kappa shape index (κ2) is 4.60. The average molecular weight is 234 g/mol. The fraction of sp³-hybridized carbons (Fsp3) is 0.167. The number of halogens is 1. The molecule has 0 aliphatic rings. The van der Waals surface area contributed by atoms with Gasteiger partial charge in [-0.25, -0.2) is 9.97 Å². The first-order valence-corrected chi connectivity index (χ1v) is 5.35. The van der Waals surface area contributed by atoms with E-state index in [1.54, 1.807) is 18.5 Å². The summed E-state index contributed by atoms with van der Waals surface area (Å²) in [7, 11) is 0. The Morgan fingerprint density at radius 2 is 1.94 bits per heavy atom. The van der Waals surface area contributed by atoms with E-state index in [1.807, 2.05) is 25.1 Å². The number of nitrogens with zero attached hydrogens (tertiary/aromatic N) is 2. The maximum Gasteiger partial charge on any atom is 0.149 e. The Bertz CT molecular complexity index is 485. The van der Waals surface area contributed by atoms with Crippen molar-refractivity contribution in [2.24, 2.45) is 5.73 Å². The summed E-state index contributed by atoms with van der Waals surface area (Å²) in [5.74, 6) is 0.599. The van der Waals surface area contributed by atoms with Crippen molar-refractivity contribution in [2.75, 3.05) is 0 Å². The molecule has 1 aromatic heterocycles. The van der Waals surface area contributed by atoms with Gasteiger partial charge in [0.25, 0.3) is 0 Å². The molecule has 0 radical (unpaired) electrons. The molecule has 1 heterocycles. The van der Waals surface area contributed by atoms with Crippen molar-refractivity contribution in [2.45, 2.75) is 13.0 Å². The molecule has 2 N–H and O–H groups in total. The molecule has 82 valence electrons. The number of aryl methyl sites for hydroxylation is 1. The standard InChI is InChI=1S/C12H12ClN3/c1-8-3-4-9(7-10(8)13)11(14)12-15-5-2-6-16-12/h2-7,11H,14H2,1H3. The van der Waals surface area contributed by atoms with Crippen molar-refractivity contribution in [3.8, 4) is 0 Å². The van der Waals surface area contributed by atoms with Crippen LogP contribution in [0.25, 0.3) is 0 Å². The predicted octanol–water partition coefficient (Wildman–Crippen LogP) is 2.49. The third kappa shape index (κ3) is 2.21. The minimum atomic E-state index is -0.334. The molecule has 0 amide bonds. The molecule has 0 bridgehead atoms. The van der Waals surface area contributed by atoms with E-state index in [2.05, 4.69) is 9.97 Å². The van der Waals surface area contributed by atoms with E-state index in [0.29, 0.717) is 10.8 Å². The van der Waals surface area contributed by atoms with Crippen molar-refractivity contribution in [3.63, 3.8) is 0 Å². The molecule has 2 rings (SSSR count). The molecule has 0 saturated heterocycles. The van der Waals surface area contributed by atoms with Gasteiger partial charge in [-0.15, -0.1) is 0 Å². The van der Waals surface area contributed by atoms with Crippen LogP contribution in [0.4, 0.5) is 0 Å². The highest BCUT2D eigenvalue weighted by Gasteiger charge is 2.11. The van der Waals surface area contributed by atoms with Crippen molar-refractivity contribution in [1.82, 2.24) is 9.97 Å². The van der Waals surface area contributed by atoms with Crippen LogP contribution in [0.5, 0.6) is 0 Å². The molecule has 0 fully saturated rings. The van der Waals surface area contributed by atoms with E-state index in [9.17, 15) is 0 Å². The molecule has 16 heavy (non-hydrogen) atoms. The lowest BCUT2D eigenvalue weighted by molar-refractivity contribution is 0.780. The van der Waals surface area contributed by atoms with Crippen LogP contribution in [0, 0.1) is 6.92 Å². The molecule has 1 atom stereocenters. The quantitative estimate of drug-likeness (QED) is 0.867. The SMILES string of the molecule is Cc1ccc(C(N)c2ncccn2)cc1Cl. The largest absolute Gasteiger partial charge is 0.318 e. The Labute approximate surface area is 99.3 Å². The Hall–Kier alpha value is -1.45. The van der Waals surface area contributed by atoms with E-state index in [-0.39, 0.29) is 6.04 Å². The second-order valence-electron chi connectivity index (χ2n) is 3.59. The molecule has 0 aliphatic carbocycles. The Balaban J connectivity index is 2.34. The van der Waals surface area contributed by atoms with Crippen LogP contribution in [-0.4, -0.2) is 9.97 Å². The van der Waals surface area contributed by atoms with Gasteiger partial charge in [-0.05, 0) is 30.2 Å². The fourth-order valence-electron chi connectivity index (χ4n) is 1.42. The molecule has 3 nitrogen and oxygen atoms in total. The predicted molar refractivity (Wildman–Crippen MR) is 64.3 cm³/mol. The first-order valence-electron chi connectivity index (χ1n) is 4.97. The third-order valence-corrected chi connectivity index (χ3v) is 2.83. The summed E-state index contributed by atoms with van der Waals surface area (Å²) in [5.41, 5.74) is 8.00. The van der Waals surface area contributed by atoms with Crippen LogP contribution >= 0.6 is 11.6 Å². The van der Waals surface area contributed by atoms with E-state index in [0.717, 1.165) is 11.1 Å². The lowest BCUT2D eigenvalue weighted by atomic mass is 10.1. The third-order valence-electron chi connectivity index (χ3n) is 2.42. The summed E-state index contributed by atoms with van der Waals surface area (Å²) in [6.07, 6.45) is 3.36. The zero-order chi connectivity index (χ0) is 11.5. The second-order valence-corrected chi connectivity index (χ2v) is 4.00. The molecular formula is C12H12ClN3. The first kappa shape index (κ1) is 11.0. The molecule has 2 aromatic rings.